The van der Waals surface area contributed by atoms with E-state index >= 15 is 0 Å². The number of nitrogens with zero attached hydrogens (tertiary/aromatic N) is 2. The lowest BCUT2D eigenvalue weighted by Crippen LogP contribution is -2.25. The summed E-state index contributed by atoms with van der Waals surface area (Å²) in [6.07, 6.45) is 4.37. The SMILES string of the molecule is CC(CCc1ccccc1)CC(=O)NCc1ccnn1C. The largest absolute Gasteiger partial charge is 0.350 e. The minimum atomic E-state index is 0.108. The van der Waals surface area contributed by atoms with E-state index in [1.165, 1.54) is 5.56 Å². The van der Waals surface area contributed by atoms with Gasteiger partial charge in [-0.1, -0.05) is 37.3 Å². The van der Waals surface area contributed by atoms with Gasteiger partial charge in [0.05, 0.1) is 12.2 Å². The van der Waals surface area contributed by atoms with Crippen molar-refractivity contribution in [2.75, 3.05) is 0 Å². The monoisotopic (exact) mass is 285 g/mol. The van der Waals surface area contributed by atoms with Crippen LogP contribution in [0.5, 0.6) is 0 Å². The van der Waals surface area contributed by atoms with Crippen LogP contribution in [0.25, 0.3) is 0 Å². The van der Waals surface area contributed by atoms with Gasteiger partial charge < -0.3 is 5.32 Å². The number of amides is 1. The second kappa shape index (κ2) is 7.62. The van der Waals surface area contributed by atoms with Crippen molar-refractivity contribution < 1.29 is 4.79 Å². The zero-order valence-electron chi connectivity index (χ0n) is 12.7. The van der Waals surface area contributed by atoms with Crippen LogP contribution < -0.4 is 5.32 Å². The highest BCUT2D eigenvalue weighted by molar-refractivity contribution is 5.76. The van der Waals surface area contributed by atoms with Gasteiger partial charge in [-0.05, 0) is 30.4 Å². The summed E-state index contributed by atoms with van der Waals surface area (Å²) in [6, 6.07) is 12.3. The first-order chi connectivity index (χ1) is 10.1. The molecule has 0 saturated carbocycles. The number of aryl methyl sites for hydroxylation is 2. The maximum atomic E-state index is 11.9. The molecule has 1 aromatic carbocycles. The maximum Gasteiger partial charge on any atom is 0.220 e. The van der Waals surface area contributed by atoms with Gasteiger partial charge in [0.1, 0.15) is 0 Å². The first-order valence-electron chi connectivity index (χ1n) is 7.42. The molecule has 4 heteroatoms. The highest BCUT2D eigenvalue weighted by Crippen LogP contribution is 2.12. The zero-order valence-corrected chi connectivity index (χ0v) is 12.7. The van der Waals surface area contributed by atoms with E-state index in [1.54, 1.807) is 10.9 Å². The van der Waals surface area contributed by atoms with E-state index in [-0.39, 0.29) is 5.91 Å². The fourth-order valence-electron chi connectivity index (χ4n) is 2.31. The molecular weight excluding hydrogens is 262 g/mol. The van der Waals surface area contributed by atoms with Crippen molar-refractivity contribution in [3.63, 3.8) is 0 Å². The maximum absolute atomic E-state index is 11.9. The minimum absolute atomic E-state index is 0.108. The summed E-state index contributed by atoms with van der Waals surface area (Å²) < 4.78 is 1.78. The van der Waals surface area contributed by atoms with Crippen LogP contribution in [0.15, 0.2) is 42.6 Å². The second-order valence-electron chi connectivity index (χ2n) is 5.56. The van der Waals surface area contributed by atoms with Crippen LogP contribution in [0.3, 0.4) is 0 Å². The summed E-state index contributed by atoms with van der Waals surface area (Å²) in [6.45, 7) is 2.67. The molecule has 1 atom stereocenters. The number of nitrogens with one attached hydrogen (secondary N) is 1. The van der Waals surface area contributed by atoms with Gasteiger partial charge in [-0.15, -0.1) is 0 Å². The molecule has 1 aromatic heterocycles. The third kappa shape index (κ3) is 5.06. The molecule has 0 aliphatic carbocycles. The fraction of sp³-hybridized carbons (Fsp3) is 0.412. The van der Waals surface area contributed by atoms with Crippen LogP contribution >= 0.6 is 0 Å². The van der Waals surface area contributed by atoms with Gasteiger partial charge in [0.2, 0.25) is 5.91 Å². The Balaban J connectivity index is 1.68. The molecule has 0 aliphatic rings. The zero-order chi connectivity index (χ0) is 15.1. The van der Waals surface area contributed by atoms with Crippen molar-refractivity contribution >= 4 is 5.91 Å². The van der Waals surface area contributed by atoms with Crippen LogP contribution in [0.2, 0.25) is 0 Å². The molecule has 0 saturated heterocycles. The average Bonchev–Trinajstić information content (AvgIpc) is 2.89. The molecule has 1 amide bonds. The summed E-state index contributed by atoms with van der Waals surface area (Å²) in [7, 11) is 1.88. The first kappa shape index (κ1) is 15.3. The van der Waals surface area contributed by atoms with Gasteiger partial charge in [0, 0.05) is 19.7 Å². The molecule has 0 fully saturated rings. The van der Waals surface area contributed by atoms with E-state index in [0.717, 1.165) is 18.5 Å². The molecule has 0 radical (unpaired) electrons. The smallest absolute Gasteiger partial charge is 0.220 e. The molecule has 0 aliphatic heterocycles. The molecule has 0 bridgehead atoms. The first-order valence-corrected chi connectivity index (χ1v) is 7.42. The summed E-state index contributed by atoms with van der Waals surface area (Å²) in [5, 5.41) is 7.04. The number of carbonyl (C=O) groups is 1. The average molecular weight is 285 g/mol. The van der Waals surface area contributed by atoms with Crippen molar-refractivity contribution in [2.24, 2.45) is 13.0 Å². The predicted octanol–water partition coefficient (Wildman–Crippen LogP) is 2.70. The van der Waals surface area contributed by atoms with Crippen LogP contribution in [0.4, 0.5) is 0 Å². The molecule has 0 spiro atoms. The molecule has 21 heavy (non-hydrogen) atoms. The third-order valence-electron chi connectivity index (χ3n) is 3.69. The Hall–Kier alpha value is -2.10. The van der Waals surface area contributed by atoms with Crippen molar-refractivity contribution in [2.45, 2.75) is 32.7 Å². The normalized spacial score (nSPS) is 12.1. The Morgan fingerprint density at radius 1 is 1.29 bits per heavy atom. The van der Waals surface area contributed by atoms with E-state index in [9.17, 15) is 4.79 Å². The van der Waals surface area contributed by atoms with Gasteiger partial charge in [-0.2, -0.15) is 5.10 Å². The van der Waals surface area contributed by atoms with E-state index < -0.39 is 0 Å². The van der Waals surface area contributed by atoms with Crippen molar-refractivity contribution in [3.8, 4) is 0 Å². The van der Waals surface area contributed by atoms with Crippen LogP contribution in [-0.4, -0.2) is 15.7 Å². The highest BCUT2D eigenvalue weighted by Gasteiger charge is 2.10. The molecule has 2 rings (SSSR count). The summed E-state index contributed by atoms with van der Waals surface area (Å²) in [4.78, 5) is 11.9. The van der Waals surface area contributed by atoms with Crippen molar-refractivity contribution in [1.29, 1.82) is 0 Å². The number of hydrogen-bond acceptors (Lipinski definition) is 2. The van der Waals surface area contributed by atoms with Crippen LogP contribution in [-0.2, 0) is 24.8 Å². The Kier molecular flexibility index (Phi) is 5.55. The lowest BCUT2D eigenvalue weighted by Gasteiger charge is -2.11. The second-order valence-corrected chi connectivity index (χ2v) is 5.56. The summed E-state index contributed by atoms with van der Waals surface area (Å²) >= 11 is 0. The molecule has 112 valence electrons. The Morgan fingerprint density at radius 3 is 2.71 bits per heavy atom. The third-order valence-corrected chi connectivity index (χ3v) is 3.69. The Bertz CT molecular complexity index is 562. The fourth-order valence-corrected chi connectivity index (χ4v) is 2.31. The van der Waals surface area contributed by atoms with Gasteiger partial charge in [0.25, 0.3) is 0 Å². The quantitative estimate of drug-likeness (QED) is 0.850. The topological polar surface area (TPSA) is 46.9 Å². The minimum Gasteiger partial charge on any atom is -0.350 e. The van der Waals surface area contributed by atoms with Gasteiger partial charge in [-0.25, -0.2) is 0 Å². The molecule has 2 aromatic rings. The van der Waals surface area contributed by atoms with E-state index in [4.69, 9.17) is 0 Å². The standard InChI is InChI=1S/C17H23N3O/c1-14(8-9-15-6-4-3-5-7-15)12-17(21)18-13-16-10-11-19-20(16)2/h3-7,10-11,14H,8-9,12-13H2,1-2H3,(H,18,21). The van der Waals surface area contributed by atoms with Crippen molar-refractivity contribution in [1.82, 2.24) is 15.1 Å². The number of aromatic nitrogens is 2. The van der Waals surface area contributed by atoms with Crippen LogP contribution in [0.1, 0.15) is 31.0 Å². The van der Waals surface area contributed by atoms with E-state index in [1.807, 2.05) is 19.2 Å². The number of carbonyl (C=O) groups excluding carboxylic acids is 1. The van der Waals surface area contributed by atoms with Crippen LogP contribution in [0, 0.1) is 5.92 Å². The van der Waals surface area contributed by atoms with Crippen molar-refractivity contribution in [3.05, 3.63) is 53.9 Å². The predicted molar refractivity (Wildman–Crippen MR) is 83.6 cm³/mol. The molecule has 1 unspecified atom stereocenters. The molecule has 1 N–H and O–H groups in total. The van der Waals surface area contributed by atoms with Gasteiger partial charge in [-0.3, -0.25) is 9.48 Å². The molecule has 4 nitrogen and oxygen atoms in total. The molecule has 1 heterocycles. The van der Waals surface area contributed by atoms with E-state index in [0.29, 0.717) is 18.9 Å². The number of rotatable bonds is 7. The Morgan fingerprint density at radius 2 is 2.05 bits per heavy atom. The summed E-state index contributed by atoms with van der Waals surface area (Å²) in [5.41, 5.74) is 2.35. The van der Waals surface area contributed by atoms with Gasteiger partial charge >= 0.3 is 0 Å². The highest BCUT2D eigenvalue weighted by atomic mass is 16.1. The Labute approximate surface area is 126 Å². The van der Waals surface area contributed by atoms with E-state index in [2.05, 4.69) is 41.6 Å². The lowest BCUT2D eigenvalue weighted by atomic mass is 9.98. The number of hydrogen-bond donors (Lipinski definition) is 1. The molecular formula is C17H23N3O. The number of benzene rings is 1. The lowest BCUT2D eigenvalue weighted by molar-refractivity contribution is -0.122. The van der Waals surface area contributed by atoms with Gasteiger partial charge in [0.15, 0.2) is 0 Å². The summed E-state index contributed by atoms with van der Waals surface area (Å²) in [5.74, 6) is 0.494.